The molecule has 0 bridgehead atoms. The van der Waals surface area contributed by atoms with Crippen molar-refractivity contribution in [3.63, 3.8) is 0 Å². The Kier molecular flexibility index (Phi) is 8.92. The minimum absolute atomic E-state index is 0.0468. The summed E-state index contributed by atoms with van der Waals surface area (Å²) in [5.41, 5.74) is 0.564. The van der Waals surface area contributed by atoms with Crippen LogP contribution in [0.25, 0.3) is 0 Å². The maximum atomic E-state index is 11.4. The van der Waals surface area contributed by atoms with E-state index < -0.39 is 0 Å². The summed E-state index contributed by atoms with van der Waals surface area (Å²) in [4.78, 5) is 22.5. The molecule has 0 heterocycles. The normalized spacial score (nSPS) is 13.0. The van der Waals surface area contributed by atoms with Crippen LogP contribution in [-0.4, -0.2) is 38.1 Å². The zero-order valence-corrected chi connectivity index (χ0v) is 11.7. The Balaban J connectivity index is 3.68. The van der Waals surface area contributed by atoms with Crippen LogP contribution in [0.4, 0.5) is 0 Å². The quantitative estimate of drug-likeness (QED) is 0.386. The Labute approximate surface area is 109 Å². The maximum absolute atomic E-state index is 11.4. The Morgan fingerprint density at radius 1 is 1.39 bits per heavy atom. The number of hydrogen-bond donors (Lipinski definition) is 2. The van der Waals surface area contributed by atoms with Gasteiger partial charge in [-0.15, -0.1) is 0 Å². The molecule has 0 aliphatic rings. The lowest BCUT2D eigenvalue weighted by atomic mass is 10.2. The van der Waals surface area contributed by atoms with Crippen LogP contribution in [0.15, 0.2) is 11.6 Å². The molecule has 0 saturated carbocycles. The summed E-state index contributed by atoms with van der Waals surface area (Å²) in [7, 11) is 1.35. The summed E-state index contributed by atoms with van der Waals surface area (Å²) in [5, 5.41) is 5.96. The third-order valence-electron chi connectivity index (χ3n) is 2.61. The van der Waals surface area contributed by atoms with E-state index in [-0.39, 0.29) is 17.9 Å². The Bertz CT molecular complexity index is 301. The molecule has 0 spiro atoms. The zero-order valence-electron chi connectivity index (χ0n) is 11.7. The monoisotopic (exact) mass is 256 g/mol. The zero-order chi connectivity index (χ0) is 14.0. The predicted octanol–water partition coefficient (Wildman–Crippen LogP) is 1.00. The van der Waals surface area contributed by atoms with E-state index in [1.165, 1.54) is 7.11 Å². The van der Waals surface area contributed by atoms with E-state index >= 15 is 0 Å². The molecular formula is C13H24N2O3. The van der Waals surface area contributed by atoms with Crippen molar-refractivity contribution in [2.24, 2.45) is 0 Å². The molecule has 1 unspecified atom stereocenters. The lowest BCUT2D eigenvalue weighted by Gasteiger charge is -2.11. The van der Waals surface area contributed by atoms with Gasteiger partial charge in [0.1, 0.15) is 0 Å². The summed E-state index contributed by atoms with van der Waals surface area (Å²) in [6, 6.07) is 0.221. The van der Waals surface area contributed by atoms with E-state index in [4.69, 9.17) is 0 Å². The van der Waals surface area contributed by atoms with E-state index in [0.29, 0.717) is 25.1 Å². The Hall–Kier alpha value is -1.36. The van der Waals surface area contributed by atoms with Crippen LogP contribution in [0.3, 0.4) is 0 Å². The number of carbonyl (C=O) groups excluding carboxylic acids is 2. The highest BCUT2D eigenvalue weighted by Gasteiger charge is 2.04. The van der Waals surface area contributed by atoms with Crippen molar-refractivity contribution in [2.45, 2.75) is 39.7 Å². The van der Waals surface area contributed by atoms with Gasteiger partial charge in [-0.05, 0) is 20.3 Å². The minimum atomic E-state index is -0.327. The van der Waals surface area contributed by atoms with Gasteiger partial charge in [-0.2, -0.15) is 0 Å². The van der Waals surface area contributed by atoms with Gasteiger partial charge in [-0.1, -0.05) is 13.0 Å². The SMILES string of the molecule is CCC(C)NC(=O)CCNC/C=C(/C)C(=O)OC. The first-order chi connectivity index (χ1) is 8.51. The number of rotatable bonds is 8. The highest BCUT2D eigenvalue weighted by atomic mass is 16.5. The first-order valence-corrected chi connectivity index (χ1v) is 6.26. The summed E-state index contributed by atoms with van der Waals surface area (Å²) < 4.78 is 4.56. The number of nitrogens with one attached hydrogen (secondary N) is 2. The van der Waals surface area contributed by atoms with Gasteiger partial charge in [0.15, 0.2) is 0 Å². The van der Waals surface area contributed by atoms with Crippen molar-refractivity contribution in [3.8, 4) is 0 Å². The predicted molar refractivity (Wildman–Crippen MR) is 71.2 cm³/mol. The number of amides is 1. The summed E-state index contributed by atoms with van der Waals surface area (Å²) >= 11 is 0. The third kappa shape index (κ3) is 7.84. The fourth-order valence-corrected chi connectivity index (χ4v) is 1.22. The Morgan fingerprint density at radius 3 is 2.61 bits per heavy atom. The van der Waals surface area contributed by atoms with Crippen LogP contribution in [0, 0.1) is 0 Å². The average molecular weight is 256 g/mol. The lowest BCUT2D eigenvalue weighted by molar-refractivity contribution is -0.136. The second-order valence-corrected chi connectivity index (χ2v) is 4.21. The van der Waals surface area contributed by atoms with Crippen molar-refractivity contribution in [3.05, 3.63) is 11.6 Å². The molecule has 1 atom stereocenters. The number of esters is 1. The fraction of sp³-hybridized carbons (Fsp3) is 0.692. The number of hydrogen-bond acceptors (Lipinski definition) is 4. The van der Waals surface area contributed by atoms with Crippen LogP contribution in [-0.2, 0) is 14.3 Å². The third-order valence-corrected chi connectivity index (χ3v) is 2.61. The van der Waals surface area contributed by atoms with Gasteiger partial charge in [0.2, 0.25) is 5.91 Å². The molecule has 0 saturated heterocycles. The highest BCUT2D eigenvalue weighted by Crippen LogP contribution is 1.94. The molecule has 0 aromatic carbocycles. The Morgan fingerprint density at radius 2 is 2.06 bits per heavy atom. The molecule has 0 aliphatic carbocycles. The van der Waals surface area contributed by atoms with Gasteiger partial charge in [-0.25, -0.2) is 4.79 Å². The van der Waals surface area contributed by atoms with E-state index in [0.717, 1.165) is 6.42 Å². The van der Waals surface area contributed by atoms with Gasteiger partial charge in [0.05, 0.1) is 7.11 Å². The van der Waals surface area contributed by atoms with Crippen molar-refractivity contribution in [1.82, 2.24) is 10.6 Å². The largest absolute Gasteiger partial charge is 0.466 e. The molecule has 104 valence electrons. The van der Waals surface area contributed by atoms with Crippen LogP contribution < -0.4 is 10.6 Å². The molecule has 1 amide bonds. The molecule has 0 aromatic rings. The molecule has 0 rings (SSSR count). The van der Waals surface area contributed by atoms with Gasteiger partial charge in [0.25, 0.3) is 0 Å². The van der Waals surface area contributed by atoms with Gasteiger partial charge in [-0.3, -0.25) is 4.79 Å². The smallest absolute Gasteiger partial charge is 0.333 e. The fourth-order valence-electron chi connectivity index (χ4n) is 1.22. The molecule has 5 heteroatoms. The molecule has 0 aromatic heterocycles. The molecule has 18 heavy (non-hydrogen) atoms. The van der Waals surface area contributed by atoms with Gasteiger partial charge in [0, 0.05) is 31.1 Å². The van der Waals surface area contributed by atoms with Crippen LogP contribution >= 0.6 is 0 Å². The molecule has 0 fully saturated rings. The lowest BCUT2D eigenvalue weighted by Crippen LogP contribution is -2.34. The van der Waals surface area contributed by atoms with Crippen molar-refractivity contribution >= 4 is 11.9 Å². The van der Waals surface area contributed by atoms with Gasteiger partial charge >= 0.3 is 5.97 Å². The van der Waals surface area contributed by atoms with E-state index in [9.17, 15) is 9.59 Å². The highest BCUT2D eigenvalue weighted by molar-refractivity contribution is 5.87. The molecule has 0 aliphatic heterocycles. The average Bonchev–Trinajstić information content (AvgIpc) is 2.36. The van der Waals surface area contributed by atoms with Crippen molar-refractivity contribution in [2.75, 3.05) is 20.2 Å². The van der Waals surface area contributed by atoms with Crippen LogP contribution in [0.2, 0.25) is 0 Å². The first kappa shape index (κ1) is 16.6. The number of carbonyl (C=O) groups is 2. The van der Waals surface area contributed by atoms with E-state index in [1.54, 1.807) is 13.0 Å². The van der Waals surface area contributed by atoms with E-state index in [2.05, 4.69) is 15.4 Å². The van der Waals surface area contributed by atoms with Crippen molar-refractivity contribution in [1.29, 1.82) is 0 Å². The van der Waals surface area contributed by atoms with Gasteiger partial charge < -0.3 is 15.4 Å². The minimum Gasteiger partial charge on any atom is -0.466 e. The number of methoxy groups -OCH3 is 1. The topological polar surface area (TPSA) is 67.4 Å². The molecule has 0 radical (unpaired) electrons. The van der Waals surface area contributed by atoms with E-state index in [1.807, 2.05) is 13.8 Å². The van der Waals surface area contributed by atoms with Crippen molar-refractivity contribution < 1.29 is 14.3 Å². The molecule has 2 N–H and O–H groups in total. The van der Waals surface area contributed by atoms with Crippen LogP contribution in [0.1, 0.15) is 33.6 Å². The van der Waals surface area contributed by atoms with Crippen LogP contribution in [0.5, 0.6) is 0 Å². The first-order valence-electron chi connectivity index (χ1n) is 6.26. The second-order valence-electron chi connectivity index (χ2n) is 4.21. The summed E-state index contributed by atoms with van der Waals surface area (Å²) in [5.74, 6) is -0.281. The maximum Gasteiger partial charge on any atom is 0.333 e. The molecule has 5 nitrogen and oxygen atoms in total. The standard InChI is InChI=1S/C13H24N2O3/c1-5-11(3)15-12(16)7-9-14-8-6-10(2)13(17)18-4/h6,11,14H,5,7-9H2,1-4H3,(H,15,16)/b10-6-. The molecular weight excluding hydrogens is 232 g/mol. The summed E-state index contributed by atoms with van der Waals surface area (Å²) in [6.45, 7) is 6.85. The number of ether oxygens (including phenoxy) is 1. The summed E-state index contributed by atoms with van der Waals surface area (Å²) in [6.07, 6.45) is 3.12. The second kappa shape index (κ2) is 9.65.